The Morgan fingerprint density at radius 3 is 1.70 bits per heavy atom. The summed E-state index contributed by atoms with van der Waals surface area (Å²) in [5.41, 5.74) is 5.72. The maximum absolute atomic E-state index is 2.33. The molecule has 0 bridgehead atoms. The van der Waals surface area contributed by atoms with Gasteiger partial charge in [0.15, 0.2) is 0 Å². The number of benzene rings is 3. The van der Waals surface area contributed by atoms with Crippen LogP contribution < -0.4 is 16.4 Å². The average Bonchev–Trinajstić information content (AvgIpc) is 2.73. The minimum atomic E-state index is 0.309. The lowest BCUT2D eigenvalue weighted by Crippen LogP contribution is -2.53. The van der Waals surface area contributed by atoms with Crippen LogP contribution in [0.25, 0.3) is 0 Å². The molecule has 3 aromatic carbocycles. The lowest BCUT2D eigenvalue weighted by molar-refractivity contribution is 0.608. The van der Waals surface area contributed by atoms with E-state index in [1.54, 1.807) is 0 Å². The summed E-state index contributed by atoms with van der Waals surface area (Å²) < 4.78 is 0. The molecule has 0 aliphatic rings. The number of hydrogen-bond donors (Lipinski definition) is 0. The van der Waals surface area contributed by atoms with E-state index in [1.807, 2.05) is 0 Å². The topological polar surface area (TPSA) is 0 Å². The molecule has 0 aliphatic carbocycles. The van der Waals surface area contributed by atoms with Crippen LogP contribution in [-0.4, -0.2) is 6.71 Å². The molecular formula is C26H31B. The van der Waals surface area contributed by atoms with Crippen molar-refractivity contribution in [3.05, 3.63) is 90.5 Å². The quantitative estimate of drug-likeness (QED) is 0.351. The Morgan fingerprint density at radius 2 is 1.07 bits per heavy atom. The first-order valence-corrected chi connectivity index (χ1v) is 10.6. The molecule has 0 saturated heterocycles. The Bertz CT molecular complexity index is 740. The van der Waals surface area contributed by atoms with Gasteiger partial charge in [-0.1, -0.05) is 146 Å². The molecule has 0 aliphatic heterocycles. The van der Waals surface area contributed by atoms with Crippen molar-refractivity contribution in [2.24, 2.45) is 0 Å². The van der Waals surface area contributed by atoms with Gasteiger partial charge in [-0.3, -0.25) is 0 Å². The molecular weight excluding hydrogens is 323 g/mol. The fourth-order valence-electron chi connectivity index (χ4n) is 3.98. The zero-order valence-corrected chi connectivity index (χ0v) is 16.6. The Hall–Kier alpha value is -2.28. The summed E-state index contributed by atoms with van der Waals surface area (Å²) in [5, 5.41) is 0. The highest BCUT2D eigenvalue weighted by molar-refractivity contribution is 6.95. The van der Waals surface area contributed by atoms with Crippen molar-refractivity contribution >= 4 is 23.1 Å². The smallest absolute Gasteiger partial charge is 0.0687 e. The van der Waals surface area contributed by atoms with Gasteiger partial charge in [-0.2, -0.15) is 0 Å². The third kappa shape index (κ3) is 5.60. The van der Waals surface area contributed by atoms with Crippen molar-refractivity contribution in [2.75, 3.05) is 0 Å². The lowest BCUT2D eigenvalue weighted by Gasteiger charge is -2.19. The van der Waals surface area contributed by atoms with Gasteiger partial charge in [-0.25, -0.2) is 0 Å². The summed E-state index contributed by atoms with van der Waals surface area (Å²) in [5.74, 6) is 0. The second-order valence-corrected chi connectivity index (χ2v) is 7.47. The molecule has 1 heteroatoms. The van der Waals surface area contributed by atoms with Crippen LogP contribution in [0, 0.1) is 0 Å². The second-order valence-electron chi connectivity index (χ2n) is 7.47. The highest BCUT2D eigenvalue weighted by Crippen LogP contribution is 2.10. The molecule has 0 spiro atoms. The molecule has 0 fully saturated rings. The van der Waals surface area contributed by atoms with Crippen LogP contribution in [0.2, 0.25) is 0 Å². The van der Waals surface area contributed by atoms with Crippen molar-refractivity contribution in [3.63, 3.8) is 0 Å². The van der Waals surface area contributed by atoms with Crippen LogP contribution in [-0.2, 0) is 6.42 Å². The molecule has 0 aromatic heterocycles. The van der Waals surface area contributed by atoms with Crippen LogP contribution >= 0.6 is 0 Å². The van der Waals surface area contributed by atoms with E-state index in [0.717, 1.165) is 0 Å². The van der Waals surface area contributed by atoms with E-state index in [1.165, 1.54) is 66.9 Å². The van der Waals surface area contributed by atoms with Gasteiger partial charge in [0.25, 0.3) is 0 Å². The van der Waals surface area contributed by atoms with Crippen molar-refractivity contribution in [1.29, 1.82) is 0 Å². The Morgan fingerprint density at radius 1 is 0.556 bits per heavy atom. The first kappa shape index (κ1) is 19.5. The Labute approximate surface area is 165 Å². The third-order valence-corrected chi connectivity index (χ3v) is 5.43. The average molecular weight is 354 g/mol. The largest absolute Gasteiger partial charge is 0.241 e. The number of aryl methyl sites for hydroxylation is 1. The predicted octanol–water partition coefficient (Wildman–Crippen LogP) is 5.11. The van der Waals surface area contributed by atoms with Crippen LogP contribution in [0.5, 0.6) is 0 Å². The molecule has 0 unspecified atom stereocenters. The molecule has 0 atom stereocenters. The minimum absolute atomic E-state index is 0.309. The Kier molecular flexibility index (Phi) is 7.77. The highest BCUT2D eigenvalue weighted by Gasteiger charge is 2.23. The van der Waals surface area contributed by atoms with E-state index in [2.05, 4.69) is 91.9 Å². The molecule has 3 rings (SSSR count). The van der Waals surface area contributed by atoms with Gasteiger partial charge in [0.2, 0.25) is 6.71 Å². The summed E-state index contributed by atoms with van der Waals surface area (Å²) in [6.07, 6.45) is 9.26. The molecule has 0 N–H and O–H groups in total. The molecule has 0 nitrogen and oxygen atoms in total. The zero-order chi connectivity index (χ0) is 18.7. The summed E-state index contributed by atoms with van der Waals surface area (Å²) in [6.45, 7) is 2.59. The molecule has 0 amide bonds. The van der Waals surface area contributed by atoms with Gasteiger partial charge < -0.3 is 0 Å². The molecule has 0 saturated carbocycles. The first-order valence-electron chi connectivity index (χ1n) is 10.6. The van der Waals surface area contributed by atoms with E-state index >= 15 is 0 Å². The maximum atomic E-state index is 2.33. The number of hydrogen-bond acceptors (Lipinski definition) is 0. The zero-order valence-electron chi connectivity index (χ0n) is 16.6. The summed E-state index contributed by atoms with van der Waals surface area (Å²) in [4.78, 5) is 0. The summed E-state index contributed by atoms with van der Waals surface area (Å²) in [7, 11) is 0. The second kappa shape index (κ2) is 10.8. The van der Waals surface area contributed by atoms with E-state index < -0.39 is 0 Å². The van der Waals surface area contributed by atoms with Crippen LogP contribution in [0.1, 0.15) is 51.0 Å². The Balaban J connectivity index is 1.83. The molecule has 0 radical (unpaired) electrons. The van der Waals surface area contributed by atoms with E-state index in [-0.39, 0.29) is 0 Å². The van der Waals surface area contributed by atoms with Crippen LogP contribution in [0.4, 0.5) is 0 Å². The molecule has 27 heavy (non-hydrogen) atoms. The number of unbranched alkanes of at least 4 members (excludes halogenated alkanes) is 5. The van der Waals surface area contributed by atoms with Crippen molar-refractivity contribution in [3.8, 4) is 0 Å². The van der Waals surface area contributed by atoms with E-state index in [0.29, 0.717) is 6.71 Å². The standard InChI is InChI=1S/C26H31B/c1-2-3-4-5-6-9-16-23-17-14-15-22-26(23)27(24-18-10-7-11-19-24)25-20-12-8-13-21-25/h7-8,10-15,17-22H,2-6,9,16H2,1H3. The van der Waals surface area contributed by atoms with E-state index in [4.69, 9.17) is 0 Å². The van der Waals surface area contributed by atoms with Gasteiger partial charge in [0.05, 0.1) is 0 Å². The van der Waals surface area contributed by atoms with E-state index in [9.17, 15) is 0 Å². The van der Waals surface area contributed by atoms with Gasteiger partial charge in [-0.15, -0.1) is 0 Å². The molecule has 3 aromatic rings. The molecule has 0 heterocycles. The minimum Gasteiger partial charge on any atom is -0.0687 e. The third-order valence-electron chi connectivity index (χ3n) is 5.43. The monoisotopic (exact) mass is 354 g/mol. The summed E-state index contributed by atoms with van der Waals surface area (Å²) >= 11 is 0. The fourth-order valence-corrected chi connectivity index (χ4v) is 3.98. The lowest BCUT2D eigenvalue weighted by atomic mass is 9.36. The summed E-state index contributed by atoms with van der Waals surface area (Å²) in [6, 6.07) is 30.9. The SMILES string of the molecule is CCCCCCCCc1ccccc1B(c1ccccc1)c1ccccc1. The van der Waals surface area contributed by atoms with Crippen LogP contribution in [0.15, 0.2) is 84.9 Å². The fraction of sp³-hybridized carbons (Fsp3) is 0.308. The predicted molar refractivity (Wildman–Crippen MR) is 121 cm³/mol. The van der Waals surface area contributed by atoms with Crippen molar-refractivity contribution in [1.82, 2.24) is 0 Å². The van der Waals surface area contributed by atoms with Gasteiger partial charge in [0.1, 0.15) is 0 Å². The van der Waals surface area contributed by atoms with Gasteiger partial charge in [0, 0.05) is 0 Å². The number of rotatable bonds is 10. The van der Waals surface area contributed by atoms with Gasteiger partial charge >= 0.3 is 0 Å². The van der Waals surface area contributed by atoms with Crippen LogP contribution in [0.3, 0.4) is 0 Å². The first-order chi connectivity index (χ1) is 13.4. The molecule has 138 valence electrons. The highest BCUT2D eigenvalue weighted by atomic mass is 14.1. The maximum Gasteiger partial charge on any atom is 0.241 e. The van der Waals surface area contributed by atoms with Crippen molar-refractivity contribution < 1.29 is 0 Å². The van der Waals surface area contributed by atoms with Crippen molar-refractivity contribution in [2.45, 2.75) is 51.9 Å². The van der Waals surface area contributed by atoms with Gasteiger partial charge in [-0.05, 0) is 12.8 Å². The normalized spacial score (nSPS) is 10.7.